The van der Waals surface area contributed by atoms with Gasteiger partial charge in [-0.3, -0.25) is 4.99 Å². The van der Waals surface area contributed by atoms with Crippen LogP contribution in [0.25, 0.3) is 0 Å². The molecular formula is C10H23N. The van der Waals surface area contributed by atoms with Crippen LogP contribution in [0.15, 0.2) is 17.8 Å². The molecule has 0 heterocycles. The van der Waals surface area contributed by atoms with Crippen molar-refractivity contribution >= 4 is 6.72 Å². The van der Waals surface area contributed by atoms with Crippen LogP contribution in [0.4, 0.5) is 0 Å². The lowest BCUT2D eigenvalue weighted by atomic mass is 10.2. The van der Waals surface area contributed by atoms with Crippen molar-refractivity contribution in [3.63, 3.8) is 0 Å². The Kier molecular flexibility index (Phi) is 34.7. The second kappa shape index (κ2) is 22.7. The van der Waals surface area contributed by atoms with E-state index in [4.69, 9.17) is 0 Å². The van der Waals surface area contributed by atoms with Crippen LogP contribution in [0.1, 0.15) is 41.0 Å². The summed E-state index contributed by atoms with van der Waals surface area (Å²) in [7, 11) is 0. The molecule has 0 unspecified atom stereocenters. The Morgan fingerprint density at radius 1 is 1.36 bits per heavy atom. The predicted octanol–water partition coefficient (Wildman–Crippen LogP) is 3.91. The molecule has 0 saturated heterocycles. The molecule has 0 radical (unpaired) electrons. The number of nitrogens with zero attached hydrogens (tertiary/aromatic N) is 1. The molecule has 0 aliphatic carbocycles. The summed E-state index contributed by atoms with van der Waals surface area (Å²) < 4.78 is 0. The Balaban J connectivity index is -0.0000000965. The molecule has 0 aromatic heterocycles. The maximum atomic E-state index is 3.25. The van der Waals surface area contributed by atoms with Crippen LogP contribution >= 0.6 is 0 Å². The molecule has 0 aromatic carbocycles. The molecule has 0 spiro atoms. The van der Waals surface area contributed by atoms with Gasteiger partial charge in [0.15, 0.2) is 0 Å². The highest BCUT2D eigenvalue weighted by Gasteiger charge is 1.80. The van der Waals surface area contributed by atoms with Crippen LogP contribution < -0.4 is 0 Å². The topological polar surface area (TPSA) is 12.4 Å². The van der Waals surface area contributed by atoms with Gasteiger partial charge in [0.2, 0.25) is 0 Å². The average Bonchev–Trinajstić information content (AvgIpc) is 2.08. The molecule has 11 heavy (non-hydrogen) atoms. The van der Waals surface area contributed by atoms with E-state index in [9.17, 15) is 0 Å². The van der Waals surface area contributed by atoms with Gasteiger partial charge in [-0.15, -0.1) is 0 Å². The van der Waals surface area contributed by atoms with Crippen molar-refractivity contribution in [3.05, 3.63) is 12.8 Å². The molecule has 0 aliphatic heterocycles. The lowest BCUT2D eigenvalue weighted by molar-refractivity contribution is 0.626. The minimum Gasteiger partial charge on any atom is -0.273 e. The molecule has 0 saturated carbocycles. The summed E-state index contributed by atoms with van der Waals surface area (Å²) >= 11 is 0. The first-order valence-electron chi connectivity index (χ1n) is 4.25. The van der Waals surface area contributed by atoms with Crippen LogP contribution in [0.5, 0.6) is 0 Å². The van der Waals surface area contributed by atoms with Crippen LogP contribution in [0, 0.1) is 5.92 Å². The normalized spacial score (nSPS) is 6.73. The second-order valence-corrected chi connectivity index (χ2v) is 2.17. The van der Waals surface area contributed by atoms with E-state index in [2.05, 4.69) is 39.1 Å². The van der Waals surface area contributed by atoms with Gasteiger partial charge in [0.25, 0.3) is 0 Å². The number of aliphatic imine (C=N–C) groups is 1. The smallest absolute Gasteiger partial charge is 0.0188 e. The summed E-state index contributed by atoms with van der Waals surface area (Å²) in [5.41, 5.74) is 0. The summed E-state index contributed by atoms with van der Waals surface area (Å²) in [6.07, 6.45) is 2.69. The molecule has 0 rings (SSSR count). The molecule has 0 N–H and O–H groups in total. The average molecular weight is 157 g/mol. The minimum atomic E-state index is 0.884. The van der Waals surface area contributed by atoms with Gasteiger partial charge in [-0.05, 0) is 12.6 Å². The van der Waals surface area contributed by atoms with E-state index in [1.807, 2.05) is 13.8 Å². The van der Waals surface area contributed by atoms with Gasteiger partial charge in [0.05, 0.1) is 0 Å². The standard InChI is InChI=1S/C5H12.C3H5N.C2H6/c1-4-5(2)3;1-3-4-2;1-2/h5H,4H2,1-3H3;3H,1-2H2;1-2H3. The Hall–Kier alpha value is -0.590. The lowest BCUT2D eigenvalue weighted by Gasteiger charge is -1.90. The van der Waals surface area contributed by atoms with Gasteiger partial charge in [-0.25, -0.2) is 0 Å². The zero-order chi connectivity index (χ0) is 9.70. The van der Waals surface area contributed by atoms with E-state index >= 15 is 0 Å². The fourth-order valence-electron chi connectivity index (χ4n) is 0. The molecule has 0 fully saturated rings. The highest BCUT2D eigenvalue weighted by molar-refractivity contribution is 5.24. The predicted molar refractivity (Wildman–Crippen MR) is 56.2 cm³/mol. The van der Waals surface area contributed by atoms with Crippen molar-refractivity contribution in [1.29, 1.82) is 0 Å². The van der Waals surface area contributed by atoms with Crippen LogP contribution in [0.3, 0.4) is 0 Å². The fraction of sp³-hybridized carbons (Fsp3) is 0.700. The third-order valence-corrected chi connectivity index (χ3v) is 0.946. The lowest BCUT2D eigenvalue weighted by Crippen LogP contribution is -1.77. The van der Waals surface area contributed by atoms with E-state index in [1.165, 1.54) is 12.6 Å². The monoisotopic (exact) mass is 157 g/mol. The highest BCUT2D eigenvalue weighted by atomic mass is 14.6. The summed E-state index contributed by atoms with van der Waals surface area (Å²) in [6.45, 7) is 17.0. The van der Waals surface area contributed by atoms with Gasteiger partial charge in [-0.2, -0.15) is 0 Å². The highest BCUT2D eigenvalue weighted by Crippen LogP contribution is 1.93. The Morgan fingerprint density at radius 3 is 1.55 bits per heavy atom. The molecule has 0 atom stereocenters. The molecule has 0 aliphatic rings. The maximum absolute atomic E-state index is 3.25. The summed E-state index contributed by atoms with van der Waals surface area (Å²) in [5.74, 6) is 0.884. The third-order valence-electron chi connectivity index (χ3n) is 0.946. The maximum Gasteiger partial charge on any atom is 0.0188 e. The zero-order valence-corrected chi connectivity index (χ0v) is 8.72. The summed E-state index contributed by atoms with van der Waals surface area (Å²) in [5, 5.41) is 0. The zero-order valence-electron chi connectivity index (χ0n) is 8.72. The molecule has 0 amide bonds. The number of hydrogen-bond donors (Lipinski definition) is 0. The second-order valence-electron chi connectivity index (χ2n) is 2.17. The van der Waals surface area contributed by atoms with Gasteiger partial charge in [-0.1, -0.05) is 47.6 Å². The van der Waals surface area contributed by atoms with Gasteiger partial charge in [0, 0.05) is 6.20 Å². The van der Waals surface area contributed by atoms with Crippen LogP contribution in [0.2, 0.25) is 0 Å². The summed E-state index contributed by atoms with van der Waals surface area (Å²) in [6, 6.07) is 0. The van der Waals surface area contributed by atoms with Crippen molar-refractivity contribution in [2.24, 2.45) is 10.9 Å². The van der Waals surface area contributed by atoms with Crippen LogP contribution in [-0.4, -0.2) is 6.72 Å². The van der Waals surface area contributed by atoms with Gasteiger partial charge >= 0.3 is 0 Å². The van der Waals surface area contributed by atoms with Crippen LogP contribution in [-0.2, 0) is 0 Å². The van der Waals surface area contributed by atoms with Gasteiger partial charge in [0.1, 0.15) is 0 Å². The van der Waals surface area contributed by atoms with Gasteiger partial charge < -0.3 is 0 Å². The van der Waals surface area contributed by atoms with E-state index in [1.54, 1.807) is 0 Å². The Morgan fingerprint density at radius 2 is 1.55 bits per heavy atom. The van der Waals surface area contributed by atoms with Crippen molar-refractivity contribution in [3.8, 4) is 0 Å². The first-order chi connectivity index (χ1) is 5.18. The Bertz CT molecular complexity index is 59.3. The van der Waals surface area contributed by atoms with Crippen molar-refractivity contribution in [1.82, 2.24) is 0 Å². The first-order valence-corrected chi connectivity index (χ1v) is 4.25. The quantitative estimate of drug-likeness (QED) is 0.539. The number of hydrogen-bond acceptors (Lipinski definition) is 1. The third kappa shape index (κ3) is 89.0. The molecule has 68 valence electrons. The number of rotatable bonds is 2. The molecule has 0 bridgehead atoms. The summed E-state index contributed by atoms with van der Waals surface area (Å²) in [4.78, 5) is 3.25. The molecule has 1 nitrogen and oxygen atoms in total. The molecule has 0 aromatic rings. The largest absolute Gasteiger partial charge is 0.273 e. The molecule has 1 heteroatoms. The first kappa shape index (κ1) is 16.8. The van der Waals surface area contributed by atoms with Crippen molar-refractivity contribution < 1.29 is 0 Å². The minimum absolute atomic E-state index is 0.884. The van der Waals surface area contributed by atoms with Crippen molar-refractivity contribution in [2.45, 2.75) is 41.0 Å². The SMILES string of the molecule is C=CN=C.CC.CCC(C)C. The Labute approximate surface area is 72.2 Å². The fourth-order valence-corrected chi connectivity index (χ4v) is 0. The van der Waals surface area contributed by atoms with E-state index in [0.29, 0.717) is 0 Å². The van der Waals surface area contributed by atoms with E-state index in [0.717, 1.165) is 5.92 Å². The molecular weight excluding hydrogens is 134 g/mol. The van der Waals surface area contributed by atoms with E-state index in [-0.39, 0.29) is 0 Å². The van der Waals surface area contributed by atoms with Crippen molar-refractivity contribution in [2.75, 3.05) is 0 Å². The van der Waals surface area contributed by atoms with E-state index < -0.39 is 0 Å².